The van der Waals surface area contributed by atoms with Crippen LogP contribution in [0.1, 0.15) is 54.1 Å². The Morgan fingerprint density at radius 2 is 1.95 bits per heavy atom. The lowest BCUT2D eigenvalue weighted by Crippen LogP contribution is -2.28. The topological polar surface area (TPSA) is 119 Å². The summed E-state index contributed by atoms with van der Waals surface area (Å²) in [5, 5.41) is 5.32. The molecule has 1 aromatic heterocycles. The van der Waals surface area contributed by atoms with E-state index in [9.17, 15) is 18.4 Å². The van der Waals surface area contributed by atoms with Gasteiger partial charge in [-0.05, 0) is 74.9 Å². The molecule has 3 aromatic rings. The number of nitrogens with two attached hydrogens (primary N) is 1. The van der Waals surface area contributed by atoms with Gasteiger partial charge in [-0.15, -0.1) is 0 Å². The van der Waals surface area contributed by atoms with E-state index in [0.29, 0.717) is 22.6 Å². The molecule has 1 fully saturated rings. The average Bonchev–Trinajstić information content (AvgIpc) is 3.74. The molecule has 198 valence electrons. The molecule has 0 aliphatic heterocycles. The number of nitrogens with zero attached hydrogens (tertiary/aromatic N) is 2. The third kappa shape index (κ3) is 5.96. The number of nitrogens with one attached hydrogen (secondary N) is 2. The fourth-order valence-electron chi connectivity index (χ4n) is 3.94. The van der Waals surface area contributed by atoms with Crippen molar-refractivity contribution >= 4 is 23.3 Å². The van der Waals surface area contributed by atoms with E-state index in [1.807, 2.05) is 0 Å². The zero-order chi connectivity index (χ0) is 27.4. The van der Waals surface area contributed by atoms with Crippen LogP contribution in [0.5, 0.6) is 5.75 Å². The minimum atomic E-state index is -0.699. The van der Waals surface area contributed by atoms with E-state index >= 15 is 0 Å². The second-order valence-electron chi connectivity index (χ2n) is 9.11. The molecular weight excluding hydrogens is 492 g/mol. The normalized spacial score (nSPS) is 13.2. The van der Waals surface area contributed by atoms with Crippen LogP contribution in [-0.4, -0.2) is 34.9 Å². The van der Waals surface area contributed by atoms with Gasteiger partial charge in [0.25, 0.3) is 5.91 Å². The molecule has 0 atom stereocenters. The summed E-state index contributed by atoms with van der Waals surface area (Å²) in [7, 11) is 0. The minimum absolute atomic E-state index is 0.0260. The number of hydrogen-bond donors (Lipinski definition) is 3. The maximum absolute atomic E-state index is 14.7. The summed E-state index contributed by atoms with van der Waals surface area (Å²) in [6.45, 7) is 5.36. The molecule has 38 heavy (non-hydrogen) atoms. The number of benzene rings is 2. The number of carbonyl (C=O) groups is 2. The highest BCUT2D eigenvalue weighted by Crippen LogP contribution is 2.40. The van der Waals surface area contributed by atoms with Crippen LogP contribution in [0.3, 0.4) is 0 Å². The number of anilines is 2. The van der Waals surface area contributed by atoms with Gasteiger partial charge in [-0.25, -0.2) is 18.7 Å². The summed E-state index contributed by atoms with van der Waals surface area (Å²) in [5.41, 5.74) is 8.46. The Balaban J connectivity index is 1.56. The SMILES string of the molecule is C/C=C(\C)C(=O)NCCOc1c(N)ncnc1-c1cc(F)cc(NC(=O)c2ccc(C3CC3)cc2F)c1C. The first kappa shape index (κ1) is 26.7. The zero-order valence-electron chi connectivity index (χ0n) is 21.4. The first-order valence-electron chi connectivity index (χ1n) is 12.2. The van der Waals surface area contributed by atoms with Gasteiger partial charge in [0, 0.05) is 16.8 Å². The third-order valence-corrected chi connectivity index (χ3v) is 6.42. The first-order valence-corrected chi connectivity index (χ1v) is 12.2. The van der Waals surface area contributed by atoms with Crippen molar-refractivity contribution < 1.29 is 23.1 Å². The summed E-state index contributed by atoms with van der Waals surface area (Å²) in [6, 6.07) is 6.96. The van der Waals surface area contributed by atoms with E-state index in [-0.39, 0.29) is 47.6 Å². The van der Waals surface area contributed by atoms with Gasteiger partial charge in [0.15, 0.2) is 11.6 Å². The Labute approximate surface area is 219 Å². The Hall–Kier alpha value is -4.34. The van der Waals surface area contributed by atoms with Gasteiger partial charge >= 0.3 is 0 Å². The molecule has 8 nitrogen and oxygen atoms in total. The van der Waals surface area contributed by atoms with Crippen LogP contribution < -0.4 is 21.1 Å². The Bertz CT molecular complexity index is 1420. The quantitative estimate of drug-likeness (QED) is 0.272. The molecule has 2 aromatic carbocycles. The summed E-state index contributed by atoms with van der Waals surface area (Å²) < 4.78 is 35.2. The molecule has 0 radical (unpaired) electrons. The predicted octanol–water partition coefficient (Wildman–Crippen LogP) is 4.90. The molecule has 2 amide bonds. The van der Waals surface area contributed by atoms with Crippen molar-refractivity contribution in [2.45, 2.75) is 39.5 Å². The van der Waals surface area contributed by atoms with Crippen molar-refractivity contribution in [2.24, 2.45) is 0 Å². The highest BCUT2D eigenvalue weighted by atomic mass is 19.1. The van der Waals surface area contributed by atoms with Crippen LogP contribution in [-0.2, 0) is 4.79 Å². The second kappa shape index (κ2) is 11.4. The van der Waals surface area contributed by atoms with Gasteiger partial charge in [-0.2, -0.15) is 0 Å². The van der Waals surface area contributed by atoms with Crippen molar-refractivity contribution in [3.63, 3.8) is 0 Å². The van der Waals surface area contributed by atoms with Crippen molar-refractivity contribution in [3.8, 4) is 17.0 Å². The lowest BCUT2D eigenvalue weighted by atomic mass is 10.0. The lowest BCUT2D eigenvalue weighted by molar-refractivity contribution is -0.117. The molecule has 4 N–H and O–H groups in total. The van der Waals surface area contributed by atoms with Crippen LogP contribution >= 0.6 is 0 Å². The number of carbonyl (C=O) groups excluding carboxylic acids is 2. The highest BCUT2D eigenvalue weighted by molar-refractivity contribution is 6.05. The number of allylic oxidation sites excluding steroid dienone is 1. The lowest BCUT2D eigenvalue weighted by Gasteiger charge is -2.17. The standard InChI is InChI=1S/C28H29F2N5O3/c1-4-15(2)27(36)32-9-10-38-25-24(33-14-34-26(25)31)21-12-19(29)13-23(16(21)3)35-28(37)20-8-7-18(11-22(20)30)17-5-6-17/h4,7-8,11-14,17H,5-6,9-10H2,1-3H3,(H,32,36)(H,35,37)(H2,31,33,34)/b15-4+. The van der Waals surface area contributed by atoms with E-state index in [4.69, 9.17) is 10.5 Å². The van der Waals surface area contributed by atoms with E-state index < -0.39 is 17.5 Å². The van der Waals surface area contributed by atoms with Crippen molar-refractivity contribution in [2.75, 3.05) is 24.2 Å². The summed E-state index contributed by atoms with van der Waals surface area (Å²) in [4.78, 5) is 33.0. The number of rotatable bonds is 9. The molecule has 0 spiro atoms. The van der Waals surface area contributed by atoms with Gasteiger partial charge in [-0.1, -0.05) is 12.1 Å². The van der Waals surface area contributed by atoms with Gasteiger partial charge < -0.3 is 21.1 Å². The van der Waals surface area contributed by atoms with E-state index in [0.717, 1.165) is 24.5 Å². The van der Waals surface area contributed by atoms with Gasteiger partial charge in [0.05, 0.1) is 12.1 Å². The summed E-state index contributed by atoms with van der Waals surface area (Å²) >= 11 is 0. The Morgan fingerprint density at radius 1 is 1.18 bits per heavy atom. The Kier molecular flexibility index (Phi) is 7.99. The maximum Gasteiger partial charge on any atom is 0.258 e. The fourth-order valence-corrected chi connectivity index (χ4v) is 3.94. The first-order chi connectivity index (χ1) is 18.2. The molecule has 10 heteroatoms. The van der Waals surface area contributed by atoms with Crippen LogP contribution in [0, 0.1) is 18.6 Å². The molecule has 1 aliphatic carbocycles. The van der Waals surface area contributed by atoms with Crippen LogP contribution in [0.25, 0.3) is 11.3 Å². The van der Waals surface area contributed by atoms with Gasteiger partial charge in [-0.3, -0.25) is 9.59 Å². The molecule has 4 rings (SSSR count). The maximum atomic E-state index is 14.7. The van der Waals surface area contributed by atoms with Gasteiger partial charge in [0.2, 0.25) is 5.91 Å². The average molecular weight is 522 g/mol. The van der Waals surface area contributed by atoms with Crippen molar-refractivity contribution in [1.82, 2.24) is 15.3 Å². The summed E-state index contributed by atoms with van der Waals surface area (Å²) in [5.74, 6) is -1.72. The van der Waals surface area contributed by atoms with E-state index in [1.54, 1.807) is 32.9 Å². The van der Waals surface area contributed by atoms with Crippen LogP contribution in [0.15, 0.2) is 48.3 Å². The van der Waals surface area contributed by atoms with Crippen molar-refractivity contribution in [1.29, 1.82) is 0 Å². The molecule has 0 bridgehead atoms. The monoisotopic (exact) mass is 521 g/mol. The number of hydrogen-bond acceptors (Lipinski definition) is 6. The third-order valence-electron chi connectivity index (χ3n) is 6.42. The molecule has 1 saturated carbocycles. The number of halogens is 2. The summed E-state index contributed by atoms with van der Waals surface area (Å²) in [6.07, 6.45) is 4.94. The van der Waals surface area contributed by atoms with Crippen LogP contribution in [0.2, 0.25) is 0 Å². The zero-order valence-corrected chi connectivity index (χ0v) is 21.4. The second-order valence-corrected chi connectivity index (χ2v) is 9.11. The Morgan fingerprint density at radius 3 is 2.63 bits per heavy atom. The predicted molar refractivity (Wildman–Crippen MR) is 141 cm³/mol. The van der Waals surface area contributed by atoms with Crippen molar-refractivity contribution in [3.05, 3.63) is 76.6 Å². The minimum Gasteiger partial charge on any atom is -0.486 e. The highest BCUT2D eigenvalue weighted by Gasteiger charge is 2.25. The number of ether oxygens (including phenoxy) is 1. The van der Waals surface area contributed by atoms with Gasteiger partial charge in [0.1, 0.15) is 30.3 Å². The van der Waals surface area contributed by atoms with E-state index in [1.165, 1.54) is 24.5 Å². The fraction of sp³-hybridized carbons (Fsp3) is 0.286. The number of amides is 2. The smallest absolute Gasteiger partial charge is 0.258 e. The largest absolute Gasteiger partial charge is 0.486 e. The number of aromatic nitrogens is 2. The molecular formula is C28H29F2N5O3. The molecule has 1 aliphatic rings. The van der Waals surface area contributed by atoms with Crippen LogP contribution in [0.4, 0.5) is 20.3 Å². The molecule has 0 saturated heterocycles. The number of nitrogen functional groups attached to an aromatic ring is 1. The van der Waals surface area contributed by atoms with E-state index in [2.05, 4.69) is 20.6 Å². The molecule has 0 unspecified atom stereocenters. The molecule has 1 heterocycles.